The Hall–Kier alpha value is -1.33. The van der Waals surface area contributed by atoms with Crippen LogP contribution < -0.4 is 0 Å². The molecule has 0 aromatic heterocycles. The summed E-state index contributed by atoms with van der Waals surface area (Å²) in [6.45, 7) is 6.16. The summed E-state index contributed by atoms with van der Waals surface area (Å²) in [7, 11) is -2.02. The van der Waals surface area contributed by atoms with Crippen molar-refractivity contribution >= 4 is 31.9 Å². The van der Waals surface area contributed by atoms with Crippen LogP contribution in [-0.4, -0.2) is 32.7 Å². The summed E-state index contributed by atoms with van der Waals surface area (Å²) in [4.78, 5) is 24.6. The molecule has 0 aliphatic carbocycles. The van der Waals surface area contributed by atoms with E-state index in [1.807, 2.05) is 19.6 Å². The van der Waals surface area contributed by atoms with Gasteiger partial charge in [0.15, 0.2) is 0 Å². The Morgan fingerprint density at radius 2 is 1.40 bits per heavy atom. The minimum absolute atomic E-state index is 0.271. The zero-order chi connectivity index (χ0) is 18.7. The number of alkyl halides is 1. The Labute approximate surface area is 157 Å². The molecule has 0 heterocycles. The Morgan fingerprint density at radius 1 is 0.880 bits per heavy atom. The van der Waals surface area contributed by atoms with Crippen molar-refractivity contribution in [3.63, 3.8) is 0 Å². The quantitative estimate of drug-likeness (QED) is 0.221. The van der Waals surface area contributed by atoms with Crippen LogP contribution in [0.2, 0.25) is 19.6 Å². The van der Waals surface area contributed by atoms with Crippen molar-refractivity contribution in [1.82, 2.24) is 0 Å². The minimum Gasteiger partial charge on any atom is -0.516 e. The van der Waals surface area contributed by atoms with E-state index in [0.29, 0.717) is 6.61 Å². The van der Waals surface area contributed by atoms with Crippen LogP contribution in [0.3, 0.4) is 0 Å². The van der Waals surface area contributed by atoms with Crippen molar-refractivity contribution in [3.05, 3.63) is 35.4 Å². The molecule has 0 radical (unpaired) electrons. The largest absolute Gasteiger partial charge is 0.516 e. The van der Waals surface area contributed by atoms with E-state index in [4.69, 9.17) is 20.8 Å². The van der Waals surface area contributed by atoms with Crippen molar-refractivity contribution in [1.29, 1.82) is 0 Å². The first-order valence-corrected chi connectivity index (χ1v) is 12.8. The predicted octanol–water partition coefficient (Wildman–Crippen LogP) is 5.41. The van der Waals surface area contributed by atoms with E-state index in [1.165, 1.54) is 0 Å². The van der Waals surface area contributed by atoms with Crippen molar-refractivity contribution in [2.45, 2.75) is 58.2 Å². The van der Waals surface area contributed by atoms with Crippen LogP contribution in [0.15, 0.2) is 24.3 Å². The lowest BCUT2D eigenvalue weighted by Gasteiger charge is -2.18. The molecule has 0 saturated heterocycles. The zero-order valence-corrected chi connectivity index (χ0v) is 17.2. The summed E-state index contributed by atoms with van der Waals surface area (Å²) in [5.74, 6) is -0.201. The highest BCUT2D eigenvalue weighted by molar-refractivity contribution is 6.71. The second kappa shape index (κ2) is 11.3. The van der Waals surface area contributed by atoms with Gasteiger partial charge < -0.3 is 9.16 Å². The normalized spacial score (nSPS) is 11.2. The Kier molecular flexibility index (Phi) is 9.83. The van der Waals surface area contributed by atoms with E-state index in [2.05, 4.69) is 0 Å². The summed E-state index contributed by atoms with van der Waals surface area (Å²) < 4.78 is 10.8. The Bertz CT molecular complexity index is 555. The molecule has 1 aromatic rings. The van der Waals surface area contributed by atoms with Gasteiger partial charge in [-0.1, -0.05) is 37.8 Å². The average molecular weight is 385 g/mol. The first kappa shape index (κ1) is 21.7. The number of carbonyl (C=O) groups is 2. The highest BCUT2D eigenvalue weighted by Gasteiger charge is 2.24. The molecule has 0 unspecified atom stereocenters. The maximum Gasteiger partial charge on any atom is 0.339 e. The van der Waals surface area contributed by atoms with E-state index >= 15 is 0 Å². The monoisotopic (exact) mass is 384 g/mol. The van der Waals surface area contributed by atoms with Crippen LogP contribution in [0.5, 0.6) is 0 Å². The second-order valence-electron chi connectivity index (χ2n) is 6.99. The fourth-order valence-corrected chi connectivity index (χ4v) is 3.17. The van der Waals surface area contributed by atoms with Gasteiger partial charge in [-0.15, -0.1) is 11.6 Å². The summed E-state index contributed by atoms with van der Waals surface area (Å²) in [5.41, 5.74) is 0.545. The van der Waals surface area contributed by atoms with Crippen LogP contribution in [0.1, 0.15) is 59.2 Å². The third-order valence-electron chi connectivity index (χ3n) is 3.53. The van der Waals surface area contributed by atoms with Gasteiger partial charge in [-0.2, -0.15) is 0 Å². The van der Waals surface area contributed by atoms with Crippen molar-refractivity contribution < 1.29 is 18.8 Å². The predicted molar refractivity (Wildman–Crippen MR) is 104 cm³/mol. The first-order valence-electron chi connectivity index (χ1n) is 8.90. The fraction of sp³-hybridized carbons (Fsp3) is 0.579. The van der Waals surface area contributed by atoms with Gasteiger partial charge in [0.1, 0.15) is 0 Å². The summed E-state index contributed by atoms with van der Waals surface area (Å²) in [5, 5.41) is 0. The lowest BCUT2D eigenvalue weighted by Crippen LogP contribution is -2.30. The molecular weight excluding hydrogens is 356 g/mol. The number of unbranched alkanes of at least 4 members (excludes halogenated alkanes) is 5. The lowest BCUT2D eigenvalue weighted by atomic mass is 10.1. The molecule has 0 saturated carbocycles. The van der Waals surface area contributed by atoms with E-state index in [-0.39, 0.29) is 11.1 Å². The van der Waals surface area contributed by atoms with Gasteiger partial charge >= 0.3 is 11.9 Å². The number of hydrogen-bond acceptors (Lipinski definition) is 4. The van der Waals surface area contributed by atoms with E-state index in [0.717, 1.165) is 44.4 Å². The van der Waals surface area contributed by atoms with Gasteiger partial charge in [-0.25, -0.2) is 9.59 Å². The molecule has 0 bridgehead atoms. The van der Waals surface area contributed by atoms with E-state index < -0.39 is 20.3 Å². The molecule has 1 aromatic carbocycles. The van der Waals surface area contributed by atoms with Crippen LogP contribution >= 0.6 is 11.6 Å². The Balaban J connectivity index is 2.47. The summed E-state index contributed by atoms with van der Waals surface area (Å²) in [6.07, 6.45) is 6.33. The van der Waals surface area contributed by atoms with E-state index in [9.17, 15) is 9.59 Å². The number of hydrogen-bond donors (Lipinski definition) is 0. The number of ether oxygens (including phenoxy) is 1. The van der Waals surface area contributed by atoms with Crippen molar-refractivity contribution in [2.75, 3.05) is 12.5 Å². The third kappa shape index (κ3) is 9.07. The highest BCUT2D eigenvalue weighted by Crippen LogP contribution is 2.15. The van der Waals surface area contributed by atoms with Crippen LogP contribution in [0.25, 0.3) is 0 Å². The maximum atomic E-state index is 12.3. The van der Waals surface area contributed by atoms with Crippen LogP contribution in [0.4, 0.5) is 0 Å². The number of carbonyl (C=O) groups excluding carboxylic acids is 2. The SMILES string of the molecule is C[Si](C)(C)OC(=O)c1ccccc1C(=O)OCCCCCCCCCl. The molecule has 25 heavy (non-hydrogen) atoms. The summed E-state index contributed by atoms with van der Waals surface area (Å²) in [6, 6.07) is 6.66. The first-order chi connectivity index (χ1) is 11.8. The second-order valence-corrected chi connectivity index (χ2v) is 11.8. The molecule has 0 aliphatic heterocycles. The average Bonchev–Trinajstić information content (AvgIpc) is 2.55. The molecule has 4 nitrogen and oxygen atoms in total. The van der Waals surface area contributed by atoms with Crippen LogP contribution in [0, 0.1) is 0 Å². The van der Waals surface area contributed by atoms with Gasteiger partial charge in [0.2, 0.25) is 8.32 Å². The number of esters is 1. The Morgan fingerprint density at radius 3 is 1.96 bits per heavy atom. The zero-order valence-electron chi connectivity index (χ0n) is 15.5. The molecule has 0 spiro atoms. The highest BCUT2D eigenvalue weighted by atomic mass is 35.5. The molecule has 0 aliphatic rings. The van der Waals surface area contributed by atoms with Crippen molar-refractivity contribution in [2.24, 2.45) is 0 Å². The summed E-state index contributed by atoms with van der Waals surface area (Å²) >= 11 is 5.64. The lowest BCUT2D eigenvalue weighted by molar-refractivity contribution is 0.0489. The topological polar surface area (TPSA) is 52.6 Å². The molecule has 0 fully saturated rings. The molecule has 0 N–H and O–H groups in total. The van der Waals surface area contributed by atoms with Crippen molar-refractivity contribution in [3.8, 4) is 0 Å². The molecule has 1 rings (SSSR count). The van der Waals surface area contributed by atoms with Gasteiger partial charge in [-0.05, 0) is 44.6 Å². The molecule has 0 amide bonds. The molecule has 6 heteroatoms. The van der Waals surface area contributed by atoms with Gasteiger partial charge in [0, 0.05) is 5.88 Å². The van der Waals surface area contributed by atoms with Gasteiger partial charge in [-0.3, -0.25) is 0 Å². The maximum absolute atomic E-state index is 12.3. The molecule has 0 atom stereocenters. The smallest absolute Gasteiger partial charge is 0.339 e. The third-order valence-corrected chi connectivity index (χ3v) is 4.59. The molecule has 140 valence electrons. The standard InChI is InChI=1S/C19H29ClO4Si/c1-25(2,3)24-19(22)17-13-9-8-12-16(17)18(21)23-15-11-7-5-4-6-10-14-20/h8-9,12-13H,4-7,10-11,14-15H2,1-3H3. The number of rotatable bonds is 11. The number of benzene rings is 1. The van der Waals surface area contributed by atoms with Gasteiger partial charge in [0.05, 0.1) is 17.7 Å². The minimum atomic E-state index is -2.02. The number of halogens is 1. The van der Waals surface area contributed by atoms with E-state index in [1.54, 1.807) is 24.3 Å². The van der Waals surface area contributed by atoms with Crippen LogP contribution in [-0.2, 0) is 9.16 Å². The van der Waals surface area contributed by atoms with Gasteiger partial charge in [0.25, 0.3) is 0 Å². The molecular formula is C19H29ClO4Si. The fourth-order valence-electron chi connectivity index (χ4n) is 2.32.